The molecule has 0 bridgehead atoms. The second kappa shape index (κ2) is 5.43. The highest BCUT2D eigenvalue weighted by Gasteiger charge is 2.34. The molecule has 1 N–H and O–H groups in total. The number of aliphatic carboxylic acids is 1. The van der Waals surface area contributed by atoms with E-state index in [2.05, 4.69) is 0 Å². The van der Waals surface area contributed by atoms with Gasteiger partial charge < -0.3 is 10.0 Å². The standard InChI is InChI=1S/C15H19NO3/c1-10(2)16(9-17)14(15(18)19)13-6-4-3-5-12(13)11-7-8-11/h3-6,9-11,14H,7-8H2,1-2H3,(H,18,19). The Morgan fingerprint density at radius 2 is 2.00 bits per heavy atom. The number of nitrogens with zero attached hydrogens (tertiary/aromatic N) is 1. The molecule has 0 heterocycles. The summed E-state index contributed by atoms with van der Waals surface area (Å²) in [7, 11) is 0. The molecule has 1 aromatic rings. The summed E-state index contributed by atoms with van der Waals surface area (Å²) < 4.78 is 0. The van der Waals surface area contributed by atoms with E-state index in [0.29, 0.717) is 12.3 Å². The minimum atomic E-state index is -0.978. The first-order chi connectivity index (χ1) is 9.06. The first kappa shape index (κ1) is 13.6. The molecule has 2 rings (SSSR count). The summed E-state index contributed by atoms with van der Waals surface area (Å²) in [6.45, 7) is 3.65. The molecule has 1 aromatic carbocycles. The maximum absolute atomic E-state index is 11.6. The number of carbonyl (C=O) groups excluding carboxylic acids is 1. The molecule has 19 heavy (non-hydrogen) atoms. The van der Waals surface area contributed by atoms with Gasteiger partial charge in [0.2, 0.25) is 6.41 Å². The van der Waals surface area contributed by atoms with Crippen molar-refractivity contribution in [2.75, 3.05) is 0 Å². The van der Waals surface area contributed by atoms with Gasteiger partial charge in [-0.25, -0.2) is 4.79 Å². The van der Waals surface area contributed by atoms with Crippen molar-refractivity contribution in [2.24, 2.45) is 0 Å². The number of amides is 1. The molecule has 102 valence electrons. The molecular formula is C15H19NO3. The summed E-state index contributed by atoms with van der Waals surface area (Å²) in [6.07, 6.45) is 2.84. The number of carbonyl (C=O) groups is 2. The van der Waals surface area contributed by atoms with Gasteiger partial charge in [0.1, 0.15) is 0 Å². The van der Waals surface area contributed by atoms with Crippen molar-refractivity contribution in [1.82, 2.24) is 4.90 Å². The van der Waals surface area contributed by atoms with Gasteiger partial charge in [0.05, 0.1) is 0 Å². The molecule has 1 fully saturated rings. The smallest absolute Gasteiger partial charge is 0.331 e. The van der Waals surface area contributed by atoms with Crippen molar-refractivity contribution in [3.8, 4) is 0 Å². The van der Waals surface area contributed by atoms with Crippen LogP contribution in [0.15, 0.2) is 24.3 Å². The highest BCUT2D eigenvalue weighted by Crippen LogP contribution is 2.43. The predicted molar refractivity (Wildman–Crippen MR) is 71.8 cm³/mol. The highest BCUT2D eigenvalue weighted by atomic mass is 16.4. The van der Waals surface area contributed by atoms with Gasteiger partial charge in [0.25, 0.3) is 0 Å². The van der Waals surface area contributed by atoms with Crippen LogP contribution >= 0.6 is 0 Å². The SMILES string of the molecule is CC(C)N(C=O)C(C(=O)O)c1ccccc1C1CC1. The van der Waals surface area contributed by atoms with Gasteiger partial charge in [-0.15, -0.1) is 0 Å². The Bertz CT molecular complexity index is 480. The van der Waals surface area contributed by atoms with Crippen molar-refractivity contribution in [1.29, 1.82) is 0 Å². The molecule has 1 amide bonds. The molecular weight excluding hydrogens is 242 g/mol. The Labute approximate surface area is 113 Å². The van der Waals surface area contributed by atoms with E-state index < -0.39 is 12.0 Å². The van der Waals surface area contributed by atoms with Crippen LogP contribution in [0.4, 0.5) is 0 Å². The van der Waals surface area contributed by atoms with Crippen LogP contribution in [0, 0.1) is 0 Å². The summed E-state index contributed by atoms with van der Waals surface area (Å²) in [5, 5.41) is 9.50. The summed E-state index contributed by atoms with van der Waals surface area (Å²) in [5.74, 6) is -0.521. The number of carboxylic acids is 1. The van der Waals surface area contributed by atoms with Crippen molar-refractivity contribution in [2.45, 2.75) is 44.7 Å². The Morgan fingerprint density at radius 1 is 1.37 bits per heavy atom. The van der Waals surface area contributed by atoms with Gasteiger partial charge in [-0.05, 0) is 43.7 Å². The molecule has 4 nitrogen and oxygen atoms in total. The zero-order chi connectivity index (χ0) is 14.0. The van der Waals surface area contributed by atoms with E-state index in [1.54, 1.807) is 0 Å². The fourth-order valence-electron chi connectivity index (χ4n) is 2.43. The fourth-order valence-corrected chi connectivity index (χ4v) is 2.43. The minimum absolute atomic E-state index is 0.147. The Balaban J connectivity index is 2.44. The normalized spacial score (nSPS) is 16.2. The maximum atomic E-state index is 11.6. The van der Waals surface area contributed by atoms with Crippen molar-refractivity contribution in [3.63, 3.8) is 0 Å². The molecule has 0 radical (unpaired) electrons. The molecule has 0 aromatic heterocycles. The number of benzene rings is 1. The molecule has 4 heteroatoms. The number of carboxylic acid groups (broad SMARTS) is 1. The minimum Gasteiger partial charge on any atom is -0.479 e. The lowest BCUT2D eigenvalue weighted by atomic mass is 9.95. The van der Waals surface area contributed by atoms with Crippen LogP contribution < -0.4 is 0 Å². The molecule has 0 saturated heterocycles. The van der Waals surface area contributed by atoms with Gasteiger partial charge in [-0.3, -0.25) is 4.79 Å². The van der Waals surface area contributed by atoms with Crippen LogP contribution in [-0.2, 0) is 9.59 Å². The van der Waals surface area contributed by atoms with Crippen LogP contribution in [0.5, 0.6) is 0 Å². The summed E-state index contributed by atoms with van der Waals surface area (Å²) in [6, 6.07) is 6.52. The zero-order valence-corrected chi connectivity index (χ0v) is 11.2. The number of hydrogen-bond donors (Lipinski definition) is 1. The van der Waals surface area contributed by atoms with E-state index in [0.717, 1.165) is 24.0 Å². The van der Waals surface area contributed by atoms with Gasteiger partial charge in [0.15, 0.2) is 6.04 Å². The molecule has 1 atom stereocenters. The quantitative estimate of drug-likeness (QED) is 0.801. The largest absolute Gasteiger partial charge is 0.479 e. The monoisotopic (exact) mass is 261 g/mol. The molecule has 1 saturated carbocycles. The van der Waals surface area contributed by atoms with Crippen molar-refractivity contribution >= 4 is 12.4 Å². The number of rotatable bonds is 6. The second-order valence-electron chi connectivity index (χ2n) is 5.29. The van der Waals surface area contributed by atoms with Gasteiger partial charge in [-0.1, -0.05) is 24.3 Å². The van der Waals surface area contributed by atoms with Gasteiger partial charge in [0, 0.05) is 6.04 Å². The van der Waals surface area contributed by atoms with Crippen LogP contribution in [0.3, 0.4) is 0 Å². The third-order valence-electron chi connectivity index (χ3n) is 3.56. The molecule has 0 aliphatic heterocycles. The van der Waals surface area contributed by atoms with E-state index >= 15 is 0 Å². The molecule has 1 aliphatic rings. The maximum Gasteiger partial charge on any atom is 0.331 e. The van der Waals surface area contributed by atoms with E-state index in [4.69, 9.17) is 0 Å². The second-order valence-corrected chi connectivity index (χ2v) is 5.29. The first-order valence-corrected chi connectivity index (χ1v) is 6.60. The van der Waals surface area contributed by atoms with E-state index in [-0.39, 0.29) is 6.04 Å². The van der Waals surface area contributed by atoms with Gasteiger partial charge >= 0.3 is 5.97 Å². The van der Waals surface area contributed by atoms with Gasteiger partial charge in [-0.2, -0.15) is 0 Å². The molecule has 0 spiro atoms. The Kier molecular flexibility index (Phi) is 3.88. The topological polar surface area (TPSA) is 57.6 Å². The molecule has 1 aliphatic carbocycles. The van der Waals surface area contributed by atoms with Crippen molar-refractivity contribution in [3.05, 3.63) is 35.4 Å². The third-order valence-corrected chi connectivity index (χ3v) is 3.56. The predicted octanol–water partition coefficient (Wildman–Crippen LogP) is 2.56. The summed E-state index contributed by atoms with van der Waals surface area (Å²) in [4.78, 5) is 24.2. The average Bonchev–Trinajstić information content (AvgIpc) is 3.19. The highest BCUT2D eigenvalue weighted by molar-refractivity contribution is 5.79. The number of hydrogen-bond acceptors (Lipinski definition) is 2. The zero-order valence-electron chi connectivity index (χ0n) is 11.2. The van der Waals surface area contributed by atoms with E-state index in [9.17, 15) is 14.7 Å². The third kappa shape index (κ3) is 2.78. The first-order valence-electron chi connectivity index (χ1n) is 6.60. The van der Waals surface area contributed by atoms with Crippen LogP contribution in [0.1, 0.15) is 49.8 Å². The lowest BCUT2D eigenvalue weighted by Gasteiger charge is -2.30. The lowest BCUT2D eigenvalue weighted by Crippen LogP contribution is -2.38. The Hall–Kier alpha value is -1.84. The van der Waals surface area contributed by atoms with Crippen LogP contribution in [0.25, 0.3) is 0 Å². The van der Waals surface area contributed by atoms with Crippen LogP contribution in [0.2, 0.25) is 0 Å². The molecule has 1 unspecified atom stereocenters. The lowest BCUT2D eigenvalue weighted by molar-refractivity contribution is -0.148. The fraction of sp³-hybridized carbons (Fsp3) is 0.467. The van der Waals surface area contributed by atoms with Crippen molar-refractivity contribution < 1.29 is 14.7 Å². The average molecular weight is 261 g/mol. The van der Waals surface area contributed by atoms with E-state index in [1.807, 2.05) is 38.1 Å². The van der Waals surface area contributed by atoms with Crippen LogP contribution in [-0.4, -0.2) is 28.4 Å². The summed E-state index contributed by atoms with van der Waals surface area (Å²) >= 11 is 0. The van der Waals surface area contributed by atoms with E-state index in [1.165, 1.54) is 4.90 Å². The summed E-state index contributed by atoms with van der Waals surface area (Å²) in [5.41, 5.74) is 1.82. The Morgan fingerprint density at radius 3 is 2.47 bits per heavy atom.